The van der Waals surface area contributed by atoms with Gasteiger partial charge in [-0.05, 0) is 32.6 Å². The van der Waals surface area contributed by atoms with E-state index in [1.165, 1.54) is 12.8 Å². The summed E-state index contributed by atoms with van der Waals surface area (Å²) >= 11 is 0. The molecule has 2 saturated carbocycles. The van der Waals surface area contributed by atoms with Crippen molar-refractivity contribution in [3.05, 3.63) is 0 Å². The fourth-order valence-electron chi connectivity index (χ4n) is 1.61. The molecule has 2 aliphatic carbocycles. The molecule has 0 saturated heterocycles. The SMILES string of the molecule is CC(NC(=O)CCNC1CC1)C(=O)NC1CC1. The predicted octanol–water partition coefficient (Wildman–Crippen LogP) is -0.0882. The van der Waals surface area contributed by atoms with Crippen LogP contribution in [0.5, 0.6) is 0 Å². The van der Waals surface area contributed by atoms with Crippen molar-refractivity contribution >= 4 is 11.8 Å². The van der Waals surface area contributed by atoms with Crippen molar-refractivity contribution in [2.24, 2.45) is 0 Å². The van der Waals surface area contributed by atoms with E-state index in [4.69, 9.17) is 0 Å². The van der Waals surface area contributed by atoms with Crippen molar-refractivity contribution in [3.8, 4) is 0 Å². The number of hydrogen-bond donors (Lipinski definition) is 3. The van der Waals surface area contributed by atoms with Gasteiger partial charge in [0.05, 0.1) is 0 Å². The Bertz CT molecular complexity index is 298. The second-order valence-electron chi connectivity index (χ2n) is 5.05. The fourth-order valence-corrected chi connectivity index (χ4v) is 1.61. The molecule has 3 N–H and O–H groups in total. The van der Waals surface area contributed by atoms with Crippen molar-refractivity contribution in [2.45, 2.75) is 57.2 Å². The minimum atomic E-state index is -0.427. The molecule has 96 valence electrons. The Morgan fingerprint density at radius 1 is 1.18 bits per heavy atom. The molecule has 2 aliphatic rings. The molecule has 17 heavy (non-hydrogen) atoms. The second kappa shape index (κ2) is 5.49. The van der Waals surface area contributed by atoms with Gasteiger partial charge in [-0.15, -0.1) is 0 Å². The predicted molar refractivity (Wildman–Crippen MR) is 64.4 cm³/mol. The fraction of sp³-hybridized carbons (Fsp3) is 0.833. The maximum Gasteiger partial charge on any atom is 0.242 e. The first-order valence-electron chi connectivity index (χ1n) is 6.48. The van der Waals surface area contributed by atoms with E-state index in [0.29, 0.717) is 25.0 Å². The third-order valence-corrected chi connectivity index (χ3v) is 3.06. The van der Waals surface area contributed by atoms with Gasteiger partial charge in [0.1, 0.15) is 6.04 Å². The van der Waals surface area contributed by atoms with E-state index in [-0.39, 0.29) is 11.8 Å². The van der Waals surface area contributed by atoms with Gasteiger partial charge in [-0.1, -0.05) is 0 Å². The zero-order valence-electron chi connectivity index (χ0n) is 10.3. The van der Waals surface area contributed by atoms with E-state index >= 15 is 0 Å². The highest BCUT2D eigenvalue weighted by molar-refractivity contribution is 5.87. The van der Waals surface area contributed by atoms with Crippen molar-refractivity contribution in [3.63, 3.8) is 0 Å². The van der Waals surface area contributed by atoms with Crippen LogP contribution in [0, 0.1) is 0 Å². The summed E-state index contributed by atoms with van der Waals surface area (Å²) in [6.07, 6.45) is 5.02. The Hall–Kier alpha value is -1.10. The van der Waals surface area contributed by atoms with Crippen LogP contribution in [-0.2, 0) is 9.59 Å². The third kappa shape index (κ3) is 4.73. The molecule has 2 fully saturated rings. The first kappa shape index (κ1) is 12.4. The summed E-state index contributed by atoms with van der Waals surface area (Å²) in [6, 6.07) is 0.542. The smallest absolute Gasteiger partial charge is 0.242 e. The Labute approximate surface area is 102 Å². The van der Waals surface area contributed by atoms with Crippen LogP contribution in [0.15, 0.2) is 0 Å². The monoisotopic (exact) mass is 239 g/mol. The topological polar surface area (TPSA) is 70.2 Å². The minimum Gasteiger partial charge on any atom is -0.352 e. The van der Waals surface area contributed by atoms with E-state index in [1.807, 2.05) is 0 Å². The lowest BCUT2D eigenvalue weighted by Gasteiger charge is -2.13. The normalized spacial score (nSPS) is 20.8. The summed E-state index contributed by atoms with van der Waals surface area (Å²) < 4.78 is 0. The number of rotatable bonds is 7. The van der Waals surface area contributed by atoms with E-state index in [0.717, 1.165) is 12.8 Å². The molecule has 2 rings (SSSR count). The van der Waals surface area contributed by atoms with Crippen LogP contribution in [0.4, 0.5) is 0 Å². The molecule has 0 aromatic heterocycles. The van der Waals surface area contributed by atoms with Crippen molar-refractivity contribution in [2.75, 3.05) is 6.54 Å². The van der Waals surface area contributed by atoms with Crippen molar-refractivity contribution < 1.29 is 9.59 Å². The van der Waals surface area contributed by atoms with E-state index in [1.54, 1.807) is 6.92 Å². The highest BCUT2D eigenvalue weighted by atomic mass is 16.2. The summed E-state index contributed by atoms with van der Waals surface area (Å²) in [5.74, 6) is -0.132. The van der Waals surface area contributed by atoms with Crippen LogP contribution in [0.2, 0.25) is 0 Å². The average molecular weight is 239 g/mol. The van der Waals surface area contributed by atoms with Crippen molar-refractivity contribution in [1.82, 2.24) is 16.0 Å². The molecule has 0 aromatic carbocycles. The van der Waals surface area contributed by atoms with Gasteiger partial charge in [0.25, 0.3) is 0 Å². The first-order chi connectivity index (χ1) is 8.15. The summed E-state index contributed by atoms with van der Waals surface area (Å²) in [6.45, 7) is 2.43. The molecule has 0 aromatic rings. The average Bonchev–Trinajstić information content (AvgIpc) is 3.11. The Morgan fingerprint density at radius 3 is 2.41 bits per heavy atom. The van der Waals surface area contributed by atoms with Crippen LogP contribution < -0.4 is 16.0 Å². The minimum absolute atomic E-state index is 0.0587. The Balaban J connectivity index is 1.56. The molecular formula is C12H21N3O2. The largest absolute Gasteiger partial charge is 0.352 e. The van der Waals surface area contributed by atoms with Crippen LogP contribution in [-0.4, -0.2) is 36.5 Å². The molecule has 0 bridgehead atoms. The summed E-state index contributed by atoms with van der Waals surface area (Å²) in [5, 5.41) is 8.86. The van der Waals surface area contributed by atoms with Gasteiger partial charge in [-0.3, -0.25) is 9.59 Å². The van der Waals surface area contributed by atoms with Gasteiger partial charge in [-0.2, -0.15) is 0 Å². The number of nitrogens with one attached hydrogen (secondary N) is 3. The summed E-state index contributed by atoms with van der Waals surface area (Å²) in [4.78, 5) is 23.1. The second-order valence-corrected chi connectivity index (χ2v) is 5.05. The number of hydrogen-bond acceptors (Lipinski definition) is 3. The molecular weight excluding hydrogens is 218 g/mol. The van der Waals surface area contributed by atoms with Crippen LogP contribution in [0.25, 0.3) is 0 Å². The van der Waals surface area contributed by atoms with E-state index in [2.05, 4.69) is 16.0 Å². The van der Waals surface area contributed by atoms with Gasteiger partial charge in [0.15, 0.2) is 0 Å². The maximum atomic E-state index is 11.6. The summed E-state index contributed by atoms with van der Waals surface area (Å²) in [7, 11) is 0. The molecule has 5 heteroatoms. The first-order valence-corrected chi connectivity index (χ1v) is 6.48. The Morgan fingerprint density at radius 2 is 1.82 bits per heavy atom. The van der Waals surface area contributed by atoms with Gasteiger partial charge < -0.3 is 16.0 Å². The standard InChI is InChI=1S/C12H21N3O2/c1-8(12(17)15-10-4-5-10)14-11(16)6-7-13-9-2-3-9/h8-10,13H,2-7H2,1H3,(H,14,16)(H,15,17). The molecule has 1 unspecified atom stereocenters. The lowest BCUT2D eigenvalue weighted by Crippen LogP contribution is -2.46. The van der Waals surface area contributed by atoms with Gasteiger partial charge >= 0.3 is 0 Å². The lowest BCUT2D eigenvalue weighted by atomic mass is 10.3. The van der Waals surface area contributed by atoms with E-state index < -0.39 is 6.04 Å². The molecule has 0 radical (unpaired) electrons. The third-order valence-electron chi connectivity index (χ3n) is 3.06. The Kier molecular flexibility index (Phi) is 3.99. The quantitative estimate of drug-likeness (QED) is 0.581. The van der Waals surface area contributed by atoms with Gasteiger partial charge in [-0.25, -0.2) is 0 Å². The maximum absolute atomic E-state index is 11.6. The van der Waals surface area contributed by atoms with Gasteiger partial charge in [0.2, 0.25) is 11.8 Å². The summed E-state index contributed by atoms with van der Waals surface area (Å²) in [5.41, 5.74) is 0. The molecule has 0 spiro atoms. The molecule has 5 nitrogen and oxygen atoms in total. The highest BCUT2D eigenvalue weighted by Gasteiger charge is 2.26. The van der Waals surface area contributed by atoms with Gasteiger partial charge in [0, 0.05) is 25.0 Å². The highest BCUT2D eigenvalue weighted by Crippen LogP contribution is 2.19. The molecule has 1 atom stereocenters. The van der Waals surface area contributed by atoms with Crippen LogP contribution in [0.3, 0.4) is 0 Å². The zero-order chi connectivity index (χ0) is 12.3. The lowest BCUT2D eigenvalue weighted by molar-refractivity contribution is -0.128. The molecule has 0 aliphatic heterocycles. The van der Waals surface area contributed by atoms with Crippen molar-refractivity contribution in [1.29, 1.82) is 0 Å². The molecule has 0 heterocycles. The van der Waals surface area contributed by atoms with Crippen LogP contribution in [0.1, 0.15) is 39.0 Å². The number of amides is 2. The van der Waals surface area contributed by atoms with E-state index in [9.17, 15) is 9.59 Å². The van der Waals surface area contributed by atoms with Crippen LogP contribution >= 0.6 is 0 Å². The zero-order valence-corrected chi connectivity index (χ0v) is 10.3. The molecule has 2 amide bonds. The number of carbonyl (C=O) groups is 2. The number of carbonyl (C=O) groups excluding carboxylic acids is 2.